The lowest BCUT2D eigenvalue weighted by Crippen LogP contribution is -2.36. The number of halogens is 1. The van der Waals surface area contributed by atoms with Crippen molar-refractivity contribution in [3.63, 3.8) is 0 Å². The Kier molecular flexibility index (Phi) is 10.2. The summed E-state index contributed by atoms with van der Waals surface area (Å²) in [5, 5.41) is 6.68. The van der Waals surface area contributed by atoms with Crippen LogP contribution in [0.1, 0.15) is 23.6 Å². The molecular formula is C23H30IN5O2. The van der Waals surface area contributed by atoms with Crippen LogP contribution in [0.25, 0.3) is 0 Å². The Morgan fingerprint density at radius 1 is 0.968 bits per heavy atom. The molecule has 3 rings (SSSR count). The van der Waals surface area contributed by atoms with E-state index in [1.54, 1.807) is 20.4 Å². The molecule has 8 heteroatoms. The minimum atomic E-state index is 0. The first-order chi connectivity index (χ1) is 14.7. The van der Waals surface area contributed by atoms with E-state index in [1.807, 2.05) is 30.7 Å². The number of benzene rings is 2. The Morgan fingerprint density at radius 2 is 1.68 bits per heavy atom. The molecule has 0 radical (unpaired) electrons. The zero-order valence-corrected chi connectivity index (χ0v) is 20.5. The Labute approximate surface area is 200 Å². The zero-order valence-electron chi connectivity index (χ0n) is 18.2. The van der Waals surface area contributed by atoms with Crippen molar-refractivity contribution in [2.75, 3.05) is 20.8 Å². The van der Waals surface area contributed by atoms with Crippen LogP contribution in [0.2, 0.25) is 0 Å². The van der Waals surface area contributed by atoms with Crippen LogP contribution in [0.3, 0.4) is 0 Å². The summed E-state index contributed by atoms with van der Waals surface area (Å²) in [5.74, 6) is 2.19. The predicted octanol–water partition coefficient (Wildman–Crippen LogP) is 3.82. The second-order valence-electron chi connectivity index (χ2n) is 6.79. The van der Waals surface area contributed by atoms with Gasteiger partial charge in [-0.2, -0.15) is 0 Å². The van der Waals surface area contributed by atoms with Gasteiger partial charge < -0.3 is 24.7 Å². The van der Waals surface area contributed by atoms with Crippen LogP contribution in [-0.2, 0) is 19.6 Å². The van der Waals surface area contributed by atoms with Crippen LogP contribution < -0.4 is 20.1 Å². The lowest BCUT2D eigenvalue weighted by atomic mass is 10.1. The van der Waals surface area contributed by atoms with Gasteiger partial charge in [0.1, 0.15) is 0 Å². The molecule has 0 aliphatic carbocycles. The minimum Gasteiger partial charge on any atom is -0.493 e. The molecule has 3 aromatic rings. The van der Waals surface area contributed by atoms with Crippen LogP contribution in [0, 0.1) is 0 Å². The Morgan fingerprint density at radius 3 is 2.32 bits per heavy atom. The molecule has 1 heterocycles. The highest BCUT2D eigenvalue weighted by molar-refractivity contribution is 14.0. The van der Waals surface area contributed by atoms with Gasteiger partial charge in [-0.05, 0) is 35.7 Å². The van der Waals surface area contributed by atoms with Crippen LogP contribution in [0.15, 0.2) is 66.2 Å². The molecule has 166 valence electrons. The van der Waals surface area contributed by atoms with Crippen molar-refractivity contribution in [1.29, 1.82) is 0 Å². The summed E-state index contributed by atoms with van der Waals surface area (Å²) in [6.45, 7) is 4.91. The average Bonchev–Trinajstić information content (AvgIpc) is 3.29. The van der Waals surface area contributed by atoms with Crippen LogP contribution in [0.5, 0.6) is 11.5 Å². The number of nitrogens with zero attached hydrogens (tertiary/aromatic N) is 3. The molecule has 0 aliphatic rings. The van der Waals surface area contributed by atoms with Crippen LogP contribution >= 0.6 is 24.0 Å². The molecule has 0 saturated carbocycles. The van der Waals surface area contributed by atoms with E-state index in [4.69, 9.17) is 9.47 Å². The zero-order chi connectivity index (χ0) is 21.2. The number of rotatable bonds is 9. The van der Waals surface area contributed by atoms with E-state index < -0.39 is 0 Å². The number of aromatic nitrogens is 2. The van der Waals surface area contributed by atoms with E-state index in [-0.39, 0.29) is 24.0 Å². The van der Waals surface area contributed by atoms with Crippen LogP contribution in [-0.4, -0.2) is 36.3 Å². The SMILES string of the molecule is CCNC(=NCc1ccc(OC)c(OC)c1)NCc1ccc(Cn2ccnc2)cc1.I. The lowest BCUT2D eigenvalue weighted by Gasteiger charge is -2.13. The normalized spacial score (nSPS) is 10.9. The van der Waals surface area contributed by atoms with E-state index in [0.717, 1.165) is 24.6 Å². The molecule has 7 nitrogen and oxygen atoms in total. The third-order valence-corrected chi connectivity index (χ3v) is 4.62. The lowest BCUT2D eigenvalue weighted by molar-refractivity contribution is 0.354. The molecular weight excluding hydrogens is 505 g/mol. The number of guanidine groups is 1. The molecule has 0 fully saturated rings. The van der Waals surface area contributed by atoms with Gasteiger partial charge in [-0.1, -0.05) is 30.3 Å². The molecule has 0 spiro atoms. The largest absolute Gasteiger partial charge is 0.493 e. The number of hydrogen-bond acceptors (Lipinski definition) is 4. The number of imidazole rings is 1. The van der Waals surface area contributed by atoms with Crippen molar-refractivity contribution in [2.45, 2.75) is 26.6 Å². The summed E-state index contributed by atoms with van der Waals surface area (Å²) in [7, 11) is 3.27. The fraction of sp³-hybridized carbons (Fsp3) is 0.304. The molecule has 0 amide bonds. The summed E-state index contributed by atoms with van der Waals surface area (Å²) < 4.78 is 12.7. The molecule has 0 aliphatic heterocycles. The van der Waals surface area contributed by atoms with Gasteiger partial charge in [0.2, 0.25) is 0 Å². The highest BCUT2D eigenvalue weighted by Gasteiger charge is 2.05. The molecule has 2 N–H and O–H groups in total. The van der Waals surface area contributed by atoms with E-state index in [2.05, 4.69) is 56.4 Å². The van der Waals surface area contributed by atoms with E-state index >= 15 is 0 Å². The molecule has 0 bridgehead atoms. The van der Waals surface area contributed by atoms with Crippen molar-refractivity contribution in [1.82, 2.24) is 20.2 Å². The fourth-order valence-electron chi connectivity index (χ4n) is 3.03. The standard InChI is InChI=1S/C23H29N5O2.HI/c1-4-25-23(27-15-20-9-10-21(29-2)22(13-20)30-3)26-14-18-5-7-19(8-6-18)16-28-12-11-24-17-28;/h5-13,17H,4,14-16H2,1-3H3,(H2,25,26,27);1H. The van der Waals surface area contributed by atoms with Crippen molar-refractivity contribution >= 4 is 29.9 Å². The Hall–Kier alpha value is -2.75. The molecule has 2 aromatic carbocycles. The maximum Gasteiger partial charge on any atom is 0.191 e. The number of hydrogen-bond donors (Lipinski definition) is 2. The highest BCUT2D eigenvalue weighted by atomic mass is 127. The first kappa shape index (κ1) is 24.5. The first-order valence-corrected chi connectivity index (χ1v) is 9.98. The predicted molar refractivity (Wildman–Crippen MR) is 134 cm³/mol. The van der Waals surface area contributed by atoms with Crippen molar-refractivity contribution in [2.24, 2.45) is 4.99 Å². The van der Waals surface area contributed by atoms with Gasteiger partial charge in [0.15, 0.2) is 17.5 Å². The Bertz CT molecular complexity index is 943. The second-order valence-corrected chi connectivity index (χ2v) is 6.79. The third kappa shape index (κ3) is 7.46. The van der Waals surface area contributed by atoms with Gasteiger partial charge in [0.25, 0.3) is 0 Å². The van der Waals surface area contributed by atoms with Gasteiger partial charge in [0, 0.05) is 32.0 Å². The smallest absolute Gasteiger partial charge is 0.191 e. The van der Waals surface area contributed by atoms with Crippen molar-refractivity contribution < 1.29 is 9.47 Å². The van der Waals surface area contributed by atoms with E-state index in [9.17, 15) is 0 Å². The summed E-state index contributed by atoms with van der Waals surface area (Å²) in [4.78, 5) is 8.76. The summed E-state index contributed by atoms with van der Waals surface area (Å²) in [5.41, 5.74) is 3.49. The quantitative estimate of drug-likeness (QED) is 0.248. The first-order valence-electron chi connectivity index (χ1n) is 9.98. The van der Waals surface area contributed by atoms with Gasteiger partial charge in [0.05, 0.1) is 27.1 Å². The van der Waals surface area contributed by atoms with E-state index in [1.165, 1.54) is 11.1 Å². The van der Waals surface area contributed by atoms with Gasteiger partial charge in [-0.3, -0.25) is 0 Å². The molecule has 0 saturated heterocycles. The van der Waals surface area contributed by atoms with Gasteiger partial charge >= 0.3 is 0 Å². The van der Waals surface area contributed by atoms with Gasteiger partial charge in [-0.25, -0.2) is 9.98 Å². The average molecular weight is 535 g/mol. The number of methoxy groups -OCH3 is 2. The molecule has 0 unspecified atom stereocenters. The molecule has 0 atom stereocenters. The summed E-state index contributed by atoms with van der Waals surface area (Å²) >= 11 is 0. The highest BCUT2D eigenvalue weighted by Crippen LogP contribution is 2.27. The Balaban J connectivity index is 0.00000341. The third-order valence-electron chi connectivity index (χ3n) is 4.62. The van der Waals surface area contributed by atoms with E-state index in [0.29, 0.717) is 24.6 Å². The number of aliphatic imine (C=N–C) groups is 1. The summed E-state index contributed by atoms with van der Waals surface area (Å²) in [6, 6.07) is 14.4. The number of ether oxygens (including phenoxy) is 2. The molecule has 1 aromatic heterocycles. The fourth-order valence-corrected chi connectivity index (χ4v) is 3.03. The maximum atomic E-state index is 5.37. The maximum absolute atomic E-state index is 5.37. The topological polar surface area (TPSA) is 72.7 Å². The summed E-state index contributed by atoms with van der Waals surface area (Å²) in [6.07, 6.45) is 5.59. The molecule has 31 heavy (non-hydrogen) atoms. The van der Waals surface area contributed by atoms with Gasteiger partial charge in [-0.15, -0.1) is 24.0 Å². The number of nitrogens with one attached hydrogen (secondary N) is 2. The van der Waals surface area contributed by atoms with Crippen molar-refractivity contribution in [3.8, 4) is 11.5 Å². The van der Waals surface area contributed by atoms with Crippen LogP contribution in [0.4, 0.5) is 0 Å². The monoisotopic (exact) mass is 535 g/mol. The minimum absolute atomic E-state index is 0. The van der Waals surface area contributed by atoms with Crippen molar-refractivity contribution in [3.05, 3.63) is 77.9 Å². The second kappa shape index (κ2) is 12.8.